The van der Waals surface area contributed by atoms with Crippen molar-refractivity contribution >= 4 is 11.8 Å². The molecule has 1 saturated carbocycles. The lowest BCUT2D eigenvalue weighted by Gasteiger charge is -2.13. The Morgan fingerprint density at radius 2 is 1.82 bits per heavy atom. The molecule has 0 aliphatic heterocycles. The monoisotopic (exact) mass is 321 g/mol. The summed E-state index contributed by atoms with van der Waals surface area (Å²) in [4.78, 5) is 0. The predicted octanol–water partition coefficient (Wildman–Crippen LogP) is 6.41. The van der Waals surface area contributed by atoms with Gasteiger partial charge in [0, 0.05) is 11.8 Å². The van der Waals surface area contributed by atoms with Crippen molar-refractivity contribution < 1.29 is 0 Å². The molecule has 0 aromatic carbocycles. The fourth-order valence-corrected chi connectivity index (χ4v) is 3.21. The summed E-state index contributed by atoms with van der Waals surface area (Å²) < 4.78 is 0. The van der Waals surface area contributed by atoms with Gasteiger partial charge >= 0.3 is 0 Å². The fraction of sp³-hybridized carbons (Fsp3) is 0.500. The number of rotatable bonds is 6. The molecule has 1 fully saturated rings. The largest absolute Gasteiger partial charge is 0.327 e. The number of allylic oxidation sites excluding steroid dienone is 2. The molecule has 2 heteroatoms. The highest BCUT2D eigenvalue weighted by Gasteiger charge is 2.24. The third-order valence-corrected chi connectivity index (χ3v) is 4.39. The minimum Gasteiger partial charge on any atom is -0.327 e. The predicted molar refractivity (Wildman–Crippen MR) is 107 cm³/mol. The van der Waals surface area contributed by atoms with Crippen LogP contribution in [0, 0.1) is 0 Å². The van der Waals surface area contributed by atoms with Crippen LogP contribution in [0.15, 0.2) is 60.1 Å². The van der Waals surface area contributed by atoms with E-state index in [1.165, 1.54) is 18.4 Å². The lowest BCUT2D eigenvalue weighted by atomic mass is 10.0. The van der Waals surface area contributed by atoms with Gasteiger partial charge in [0.25, 0.3) is 0 Å². The lowest BCUT2D eigenvalue weighted by Crippen LogP contribution is -2.00. The average molecular weight is 322 g/mol. The molecular weight excluding hydrogens is 286 g/mol. The van der Waals surface area contributed by atoms with Gasteiger partial charge in [-0.2, -0.15) is 0 Å². The Morgan fingerprint density at radius 3 is 2.14 bits per heavy atom. The maximum absolute atomic E-state index is 5.11. The molecule has 0 saturated heterocycles. The molecular formula is C20H35NS. The van der Waals surface area contributed by atoms with Crippen LogP contribution in [0.25, 0.3) is 0 Å². The molecule has 0 aromatic rings. The van der Waals surface area contributed by atoms with Gasteiger partial charge in [-0.15, -0.1) is 11.8 Å². The molecule has 0 radical (unpaired) electrons. The molecule has 1 nitrogen and oxygen atoms in total. The minimum atomic E-state index is 0.517. The normalized spacial score (nSPS) is 16.0. The summed E-state index contributed by atoms with van der Waals surface area (Å²) in [6.07, 6.45) is 6.30. The smallest absolute Gasteiger partial charge is 0.0340 e. The van der Waals surface area contributed by atoms with Gasteiger partial charge in [0.1, 0.15) is 0 Å². The topological polar surface area (TPSA) is 26.0 Å². The van der Waals surface area contributed by atoms with E-state index in [-0.39, 0.29) is 0 Å². The zero-order valence-electron chi connectivity index (χ0n) is 15.1. The number of hydrogen-bond acceptors (Lipinski definition) is 2. The molecule has 1 aliphatic rings. The Kier molecular flexibility index (Phi) is 15.8. The second kappa shape index (κ2) is 14.9. The van der Waals surface area contributed by atoms with E-state index in [4.69, 9.17) is 5.73 Å². The van der Waals surface area contributed by atoms with E-state index in [0.717, 1.165) is 18.4 Å². The molecule has 1 rings (SSSR count). The van der Waals surface area contributed by atoms with Gasteiger partial charge in [-0.3, -0.25) is 0 Å². The molecule has 2 N–H and O–H groups in total. The van der Waals surface area contributed by atoms with Gasteiger partial charge in [0.2, 0.25) is 0 Å². The van der Waals surface area contributed by atoms with Crippen molar-refractivity contribution in [1.29, 1.82) is 0 Å². The summed E-state index contributed by atoms with van der Waals surface area (Å²) in [5.41, 5.74) is 10.6. The summed E-state index contributed by atoms with van der Waals surface area (Å²) in [6.45, 7) is 23.9. The fourth-order valence-electron chi connectivity index (χ4n) is 2.23. The van der Waals surface area contributed by atoms with Gasteiger partial charge in [-0.25, -0.2) is 0 Å². The molecule has 0 spiro atoms. The van der Waals surface area contributed by atoms with Crippen molar-refractivity contribution in [1.82, 2.24) is 0 Å². The van der Waals surface area contributed by atoms with Crippen LogP contribution < -0.4 is 5.73 Å². The van der Waals surface area contributed by atoms with E-state index in [9.17, 15) is 0 Å². The molecule has 1 unspecified atom stereocenters. The third kappa shape index (κ3) is 9.11. The van der Waals surface area contributed by atoms with Crippen molar-refractivity contribution in [3.05, 3.63) is 60.1 Å². The summed E-state index contributed by atoms with van der Waals surface area (Å²) in [6, 6.07) is 0. The van der Waals surface area contributed by atoms with Crippen LogP contribution in [0.5, 0.6) is 0 Å². The first-order valence-electron chi connectivity index (χ1n) is 8.17. The molecule has 1 aliphatic carbocycles. The summed E-state index contributed by atoms with van der Waals surface area (Å²) in [7, 11) is 0. The van der Waals surface area contributed by atoms with Gasteiger partial charge in [0.15, 0.2) is 0 Å². The molecule has 0 aromatic heterocycles. The Labute approximate surface area is 143 Å². The molecule has 0 bridgehead atoms. The van der Waals surface area contributed by atoms with Crippen LogP contribution in [0.4, 0.5) is 0 Å². The van der Waals surface area contributed by atoms with Crippen LogP contribution in [0.3, 0.4) is 0 Å². The molecule has 1 atom stereocenters. The number of nitrogens with two attached hydrogens (primary N) is 1. The first-order valence-corrected chi connectivity index (χ1v) is 9.12. The standard InChI is InChI=1S/C13H20S.C5H9N.C2H6/c1-5-11(6-2)12-8-10(4)9-13(12)14-7-3;1-3-5(2)4-6;1-2/h7,13H,3-6,8-9H2,1-2H3;3H,1-2,4,6H2;1-2H3. The Morgan fingerprint density at radius 1 is 1.27 bits per heavy atom. The maximum Gasteiger partial charge on any atom is 0.0340 e. The first-order chi connectivity index (χ1) is 10.5. The van der Waals surface area contributed by atoms with Crippen LogP contribution in [0.1, 0.15) is 53.4 Å². The summed E-state index contributed by atoms with van der Waals surface area (Å²) in [5.74, 6) is 0. The van der Waals surface area contributed by atoms with E-state index in [1.54, 1.807) is 17.2 Å². The van der Waals surface area contributed by atoms with Crippen LogP contribution in [0.2, 0.25) is 0 Å². The second-order valence-electron chi connectivity index (χ2n) is 4.82. The zero-order valence-corrected chi connectivity index (χ0v) is 15.9. The van der Waals surface area contributed by atoms with Crippen molar-refractivity contribution in [2.24, 2.45) is 5.73 Å². The van der Waals surface area contributed by atoms with E-state index in [1.807, 2.05) is 31.0 Å². The summed E-state index contributed by atoms with van der Waals surface area (Å²) in [5, 5.41) is 2.60. The molecule has 0 amide bonds. The molecule has 126 valence electrons. The van der Waals surface area contributed by atoms with Gasteiger partial charge < -0.3 is 5.73 Å². The lowest BCUT2D eigenvalue weighted by molar-refractivity contribution is 0.917. The van der Waals surface area contributed by atoms with Crippen LogP contribution >= 0.6 is 11.8 Å². The highest BCUT2D eigenvalue weighted by Crippen LogP contribution is 2.40. The minimum absolute atomic E-state index is 0.517. The Hall–Kier alpha value is -0.990. The van der Waals surface area contributed by atoms with Crippen molar-refractivity contribution in [2.75, 3.05) is 6.54 Å². The van der Waals surface area contributed by atoms with Crippen molar-refractivity contribution in [3.8, 4) is 0 Å². The van der Waals surface area contributed by atoms with E-state index >= 15 is 0 Å². The summed E-state index contributed by atoms with van der Waals surface area (Å²) >= 11 is 1.85. The van der Waals surface area contributed by atoms with Gasteiger partial charge in [0.05, 0.1) is 0 Å². The maximum atomic E-state index is 5.11. The molecule has 0 heterocycles. The zero-order chi connectivity index (χ0) is 17.5. The highest BCUT2D eigenvalue weighted by molar-refractivity contribution is 8.02. The highest BCUT2D eigenvalue weighted by atomic mass is 32.2. The first kappa shape index (κ1) is 23.3. The van der Waals surface area contributed by atoms with E-state index < -0.39 is 0 Å². The second-order valence-corrected chi connectivity index (χ2v) is 6.00. The van der Waals surface area contributed by atoms with Crippen molar-refractivity contribution in [2.45, 2.75) is 58.6 Å². The van der Waals surface area contributed by atoms with Gasteiger partial charge in [-0.1, -0.05) is 76.8 Å². The Balaban J connectivity index is 0. The SMILES string of the molecule is C=CC(=C)CN.C=CSC1CC(=C)CC1=C(CC)CC.CC. The quantitative estimate of drug-likeness (QED) is 0.451. The number of thioether (sulfide) groups is 1. The average Bonchev–Trinajstić information content (AvgIpc) is 2.91. The number of hydrogen-bond donors (Lipinski definition) is 1. The van der Waals surface area contributed by atoms with Gasteiger partial charge in [-0.05, 0) is 36.7 Å². The van der Waals surface area contributed by atoms with Crippen molar-refractivity contribution in [3.63, 3.8) is 0 Å². The van der Waals surface area contributed by atoms with Crippen LogP contribution in [-0.2, 0) is 0 Å². The molecule has 22 heavy (non-hydrogen) atoms. The third-order valence-electron chi connectivity index (χ3n) is 3.42. The van der Waals surface area contributed by atoms with Crippen LogP contribution in [-0.4, -0.2) is 11.8 Å². The van der Waals surface area contributed by atoms with E-state index in [0.29, 0.717) is 11.8 Å². The Bertz CT molecular complexity index is 385. The van der Waals surface area contributed by atoms with E-state index in [2.05, 4.69) is 40.2 Å².